The Bertz CT molecular complexity index is 712. The average molecular weight is 354 g/mol. The number of carbonyl (C=O) groups is 2. The van der Waals surface area contributed by atoms with E-state index in [1.807, 2.05) is 13.8 Å². The van der Waals surface area contributed by atoms with Crippen LogP contribution < -0.4 is 5.32 Å². The predicted octanol–water partition coefficient (Wildman–Crippen LogP) is 1.18. The Labute approximate surface area is 141 Å². The van der Waals surface area contributed by atoms with Gasteiger partial charge in [-0.2, -0.15) is 0 Å². The topological polar surface area (TPSA) is 92.8 Å². The van der Waals surface area contributed by atoms with Crippen LogP contribution in [0.5, 0.6) is 0 Å². The van der Waals surface area contributed by atoms with Gasteiger partial charge in [0.25, 0.3) is 0 Å². The van der Waals surface area contributed by atoms with Gasteiger partial charge < -0.3 is 10.1 Å². The van der Waals surface area contributed by atoms with Gasteiger partial charge in [-0.3, -0.25) is 9.69 Å². The van der Waals surface area contributed by atoms with Crippen LogP contribution in [0.15, 0.2) is 29.2 Å². The number of hydrogen-bond donors (Lipinski definition) is 1. The third kappa shape index (κ3) is 4.47. The zero-order valence-corrected chi connectivity index (χ0v) is 14.8. The van der Waals surface area contributed by atoms with E-state index in [0.29, 0.717) is 6.54 Å². The fourth-order valence-corrected chi connectivity index (χ4v) is 3.05. The summed E-state index contributed by atoms with van der Waals surface area (Å²) in [5.74, 6) is -0.0526. The Morgan fingerprint density at radius 2 is 1.96 bits per heavy atom. The van der Waals surface area contributed by atoms with Gasteiger partial charge in [0.2, 0.25) is 5.91 Å². The van der Waals surface area contributed by atoms with Crippen LogP contribution in [0.4, 0.5) is 4.79 Å². The highest BCUT2D eigenvalue weighted by Gasteiger charge is 2.37. The number of cyclic esters (lactones) is 1. The molecule has 1 saturated heterocycles. The molecule has 0 spiro atoms. The summed E-state index contributed by atoms with van der Waals surface area (Å²) in [6.07, 6.45) is 0.672. The molecule has 2 rings (SSSR count). The highest BCUT2D eigenvalue weighted by Crippen LogP contribution is 2.15. The van der Waals surface area contributed by atoms with Crippen molar-refractivity contribution in [1.29, 1.82) is 0 Å². The Morgan fingerprint density at radius 3 is 2.50 bits per heavy atom. The van der Waals surface area contributed by atoms with Gasteiger partial charge in [0, 0.05) is 19.3 Å². The molecule has 132 valence electrons. The number of amides is 2. The van der Waals surface area contributed by atoms with Crippen LogP contribution >= 0.6 is 0 Å². The zero-order valence-electron chi connectivity index (χ0n) is 14.0. The van der Waals surface area contributed by atoms with Gasteiger partial charge in [-0.25, -0.2) is 13.2 Å². The van der Waals surface area contributed by atoms with E-state index in [2.05, 4.69) is 5.32 Å². The molecule has 1 N–H and O–H groups in total. The van der Waals surface area contributed by atoms with Crippen LogP contribution in [-0.2, 0) is 25.9 Å². The first kappa shape index (κ1) is 18.3. The van der Waals surface area contributed by atoms with E-state index in [1.165, 1.54) is 17.0 Å². The lowest BCUT2D eigenvalue weighted by molar-refractivity contribution is -0.125. The third-order valence-electron chi connectivity index (χ3n) is 3.66. The maximum atomic E-state index is 12.3. The van der Waals surface area contributed by atoms with E-state index in [0.717, 1.165) is 11.8 Å². The van der Waals surface area contributed by atoms with E-state index in [1.54, 1.807) is 12.1 Å². The summed E-state index contributed by atoms with van der Waals surface area (Å²) < 4.78 is 27.8. The molecule has 1 aromatic rings. The van der Waals surface area contributed by atoms with Crippen LogP contribution in [0.1, 0.15) is 19.4 Å². The van der Waals surface area contributed by atoms with Gasteiger partial charge in [0.1, 0.15) is 12.6 Å². The van der Waals surface area contributed by atoms with Gasteiger partial charge >= 0.3 is 6.09 Å². The number of hydrogen-bond acceptors (Lipinski definition) is 5. The van der Waals surface area contributed by atoms with Crippen molar-refractivity contribution in [3.05, 3.63) is 29.8 Å². The molecule has 0 unspecified atom stereocenters. The lowest BCUT2D eigenvalue weighted by Gasteiger charge is -2.22. The molecule has 1 atom stereocenters. The number of sulfone groups is 1. The fourth-order valence-electron chi connectivity index (χ4n) is 2.42. The molecule has 1 heterocycles. The molecule has 1 fully saturated rings. The monoisotopic (exact) mass is 354 g/mol. The van der Waals surface area contributed by atoms with Crippen LogP contribution in [0.3, 0.4) is 0 Å². The van der Waals surface area contributed by atoms with Crippen molar-refractivity contribution in [2.75, 3.05) is 19.4 Å². The number of benzene rings is 1. The van der Waals surface area contributed by atoms with Gasteiger partial charge in [-0.15, -0.1) is 0 Å². The molecule has 2 amide bonds. The number of ether oxygens (including phenoxy) is 1. The van der Waals surface area contributed by atoms with Crippen molar-refractivity contribution in [3.8, 4) is 0 Å². The second-order valence-electron chi connectivity index (χ2n) is 6.27. The van der Waals surface area contributed by atoms with Gasteiger partial charge in [0.05, 0.1) is 4.90 Å². The molecule has 7 nitrogen and oxygen atoms in total. The lowest BCUT2D eigenvalue weighted by atomic mass is 10.1. The second-order valence-corrected chi connectivity index (χ2v) is 8.29. The lowest BCUT2D eigenvalue weighted by Crippen LogP contribution is -2.46. The molecule has 0 aliphatic carbocycles. The molecule has 8 heteroatoms. The third-order valence-corrected chi connectivity index (χ3v) is 4.79. The van der Waals surface area contributed by atoms with Crippen LogP contribution in [-0.4, -0.2) is 50.8 Å². The van der Waals surface area contributed by atoms with E-state index < -0.39 is 22.0 Å². The highest BCUT2D eigenvalue weighted by molar-refractivity contribution is 7.90. The molecule has 0 saturated carbocycles. The summed E-state index contributed by atoms with van der Waals surface area (Å²) in [7, 11) is -3.24. The smallest absolute Gasteiger partial charge is 0.410 e. The van der Waals surface area contributed by atoms with Crippen LogP contribution in [0, 0.1) is 5.92 Å². The second kappa shape index (κ2) is 7.21. The summed E-state index contributed by atoms with van der Waals surface area (Å²) in [5.41, 5.74) is 0.774. The standard InChI is InChI=1S/C16H22N2O5S/c1-11(2)9-18-14(10-23-16(18)20)15(19)17-8-12-4-6-13(7-5-12)24(3,21)22/h4-7,11,14H,8-10H2,1-3H3,(H,17,19)/t14-/m0/s1. The van der Waals surface area contributed by atoms with Crippen LogP contribution in [0.25, 0.3) is 0 Å². The van der Waals surface area contributed by atoms with E-state index >= 15 is 0 Å². The van der Waals surface area contributed by atoms with E-state index in [4.69, 9.17) is 4.74 Å². The zero-order chi connectivity index (χ0) is 17.9. The minimum atomic E-state index is -3.24. The van der Waals surface area contributed by atoms with Gasteiger partial charge in [-0.05, 0) is 23.6 Å². The summed E-state index contributed by atoms with van der Waals surface area (Å²) in [6, 6.07) is 5.68. The molecule has 0 aromatic heterocycles. The number of carbonyl (C=O) groups excluding carboxylic acids is 2. The maximum Gasteiger partial charge on any atom is 0.410 e. The number of rotatable bonds is 6. The molecule has 0 radical (unpaired) electrons. The highest BCUT2D eigenvalue weighted by atomic mass is 32.2. The van der Waals surface area contributed by atoms with Crippen molar-refractivity contribution in [1.82, 2.24) is 10.2 Å². The fraction of sp³-hybridized carbons (Fsp3) is 0.500. The SMILES string of the molecule is CC(C)CN1C(=O)OC[C@H]1C(=O)NCc1ccc(S(C)(=O)=O)cc1. The Balaban J connectivity index is 1.96. The summed E-state index contributed by atoms with van der Waals surface area (Å²) in [6.45, 7) is 4.68. The van der Waals surface area contributed by atoms with Crippen molar-refractivity contribution in [3.63, 3.8) is 0 Å². The Morgan fingerprint density at radius 1 is 1.33 bits per heavy atom. The largest absolute Gasteiger partial charge is 0.447 e. The molecule has 1 aliphatic heterocycles. The Kier molecular flexibility index (Phi) is 5.48. The summed E-state index contributed by atoms with van der Waals surface area (Å²) in [5, 5.41) is 2.76. The summed E-state index contributed by atoms with van der Waals surface area (Å²) >= 11 is 0. The quantitative estimate of drug-likeness (QED) is 0.828. The van der Waals surface area contributed by atoms with Crippen molar-refractivity contribution < 1.29 is 22.7 Å². The molecule has 24 heavy (non-hydrogen) atoms. The minimum absolute atomic E-state index is 0.0460. The predicted molar refractivity (Wildman–Crippen MR) is 88.1 cm³/mol. The molecule has 0 bridgehead atoms. The van der Waals surface area contributed by atoms with Crippen molar-refractivity contribution >= 4 is 21.8 Å². The van der Waals surface area contributed by atoms with E-state index in [-0.39, 0.29) is 29.9 Å². The van der Waals surface area contributed by atoms with Gasteiger partial charge in [0.15, 0.2) is 9.84 Å². The first-order valence-electron chi connectivity index (χ1n) is 7.68. The number of nitrogens with one attached hydrogen (secondary N) is 1. The van der Waals surface area contributed by atoms with Crippen molar-refractivity contribution in [2.24, 2.45) is 5.92 Å². The summed E-state index contributed by atoms with van der Waals surface area (Å²) in [4.78, 5) is 25.7. The van der Waals surface area contributed by atoms with Crippen molar-refractivity contribution in [2.45, 2.75) is 31.3 Å². The first-order chi connectivity index (χ1) is 11.2. The minimum Gasteiger partial charge on any atom is -0.447 e. The average Bonchev–Trinajstić information content (AvgIpc) is 2.85. The Hall–Kier alpha value is -2.09. The number of nitrogens with zero attached hydrogens (tertiary/aromatic N) is 1. The molecule has 1 aromatic carbocycles. The normalized spacial score (nSPS) is 17.9. The molecular formula is C16H22N2O5S. The molecule has 1 aliphatic rings. The van der Waals surface area contributed by atoms with Crippen LogP contribution in [0.2, 0.25) is 0 Å². The first-order valence-corrected chi connectivity index (χ1v) is 9.57. The maximum absolute atomic E-state index is 12.3. The van der Waals surface area contributed by atoms with Gasteiger partial charge in [-0.1, -0.05) is 26.0 Å². The molecular weight excluding hydrogens is 332 g/mol. The van der Waals surface area contributed by atoms with E-state index in [9.17, 15) is 18.0 Å².